The maximum absolute atomic E-state index is 13.4. The van der Waals surface area contributed by atoms with Crippen LogP contribution in [-0.4, -0.2) is 26.6 Å². The summed E-state index contributed by atoms with van der Waals surface area (Å²) in [4.78, 5) is 28.9. The number of rotatable bonds is 7. The summed E-state index contributed by atoms with van der Waals surface area (Å²) in [6, 6.07) is 4.39. The lowest BCUT2D eigenvalue weighted by molar-refractivity contribution is -0.116. The molecule has 0 spiro atoms. The molecule has 0 unspecified atom stereocenters. The number of aromatic nitrogens is 3. The molecule has 0 radical (unpaired) electrons. The topological polar surface area (TPSA) is 116 Å². The highest BCUT2D eigenvalue weighted by atomic mass is 127. The Kier molecular flexibility index (Phi) is 6.24. The summed E-state index contributed by atoms with van der Waals surface area (Å²) >= 11 is 3.00. The zero-order valence-corrected chi connectivity index (χ0v) is 19.5. The van der Waals surface area contributed by atoms with E-state index in [1.807, 2.05) is 13.1 Å². The second-order valence-corrected chi connectivity index (χ2v) is 9.01. The number of anilines is 1. The monoisotopic (exact) mass is 571 g/mol. The number of fused-ring (bicyclic) bond motifs is 1. The molecule has 4 heterocycles. The predicted octanol–water partition coefficient (Wildman–Crippen LogP) is 4.73. The number of hydrogen-bond donors (Lipinski definition) is 2. The molecule has 0 saturated heterocycles. The van der Waals surface area contributed by atoms with Gasteiger partial charge in [-0.1, -0.05) is 0 Å². The number of primary amides is 1. The van der Waals surface area contributed by atoms with Crippen molar-refractivity contribution >= 4 is 61.6 Å². The lowest BCUT2D eigenvalue weighted by Gasteiger charge is -2.09. The first kappa shape index (κ1) is 22.3. The number of alkyl halides is 2. The molecule has 32 heavy (non-hydrogen) atoms. The van der Waals surface area contributed by atoms with Crippen LogP contribution < -0.4 is 11.1 Å². The Bertz CT molecular complexity index is 1300. The van der Waals surface area contributed by atoms with Crippen molar-refractivity contribution in [2.45, 2.75) is 26.3 Å². The van der Waals surface area contributed by atoms with Crippen LogP contribution >= 0.6 is 33.9 Å². The maximum Gasteiger partial charge on any atom is 0.280 e. The summed E-state index contributed by atoms with van der Waals surface area (Å²) in [7, 11) is 0. The zero-order valence-electron chi connectivity index (χ0n) is 16.6. The van der Waals surface area contributed by atoms with E-state index in [9.17, 15) is 18.4 Å². The summed E-state index contributed by atoms with van der Waals surface area (Å²) in [6.07, 6.45) is 0.468. The molecular weight excluding hydrogens is 555 g/mol. The number of aryl methyl sites for hydroxylation is 2. The third kappa shape index (κ3) is 4.37. The van der Waals surface area contributed by atoms with Gasteiger partial charge in [-0.2, -0.15) is 5.10 Å². The molecule has 0 bridgehead atoms. The summed E-state index contributed by atoms with van der Waals surface area (Å²) in [6.45, 7) is 2.19. The largest absolute Gasteiger partial charge is 0.464 e. The summed E-state index contributed by atoms with van der Waals surface area (Å²) in [5, 5.41) is 7.35. The van der Waals surface area contributed by atoms with Crippen molar-refractivity contribution in [2.75, 3.05) is 5.32 Å². The second-order valence-electron chi connectivity index (χ2n) is 6.85. The molecule has 166 valence electrons. The maximum atomic E-state index is 13.4. The number of pyridine rings is 1. The first-order chi connectivity index (χ1) is 15.2. The average Bonchev–Trinajstić information content (AvgIpc) is 3.46. The lowest BCUT2D eigenvalue weighted by atomic mass is 10.1. The van der Waals surface area contributed by atoms with Crippen molar-refractivity contribution in [3.63, 3.8) is 0 Å². The predicted molar refractivity (Wildman–Crippen MR) is 124 cm³/mol. The van der Waals surface area contributed by atoms with E-state index in [1.165, 1.54) is 12.3 Å². The van der Waals surface area contributed by atoms with Gasteiger partial charge in [0, 0.05) is 30.1 Å². The fraction of sp³-hybridized carbons (Fsp3) is 0.200. The molecule has 0 aromatic carbocycles. The third-order valence-corrected chi connectivity index (χ3v) is 6.79. The van der Waals surface area contributed by atoms with Crippen LogP contribution in [-0.2, 0) is 11.3 Å². The van der Waals surface area contributed by atoms with Gasteiger partial charge in [-0.25, -0.2) is 13.8 Å². The van der Waals surface area contributed by atoms with Gasteiger partial charge in [0.25, 0.3) is 12.3 Å². The first-order valence-corrected chi connectivity index (χ1v) is 11.2. The molecule has 8 nitrogen and oxygen atoms in total. The highest BCUT2D eigenvalue weighted by Crippen LogP contribution is 2.42. The van der Waals surface area contributed by atoms with E-state index in [0.717, 1.165) is 20.6 Å². The van der Waals surface area contributed by atoms with Crippen LogP contribution in [0.1, 0.15) is 33.9 Å². The molecule has 4 rings (SSSR count). The standard InChI is InChI=1S/C20H16F2IN5O3S/c1-9-11(23)8-28(27-9)5-4-14(29)26-16-15-10(13-3-2-6-31-13)7-12(18(21)22)25-20(15)32-17(16)19(24)30/h2-3,6-8,18H,4-5H2,1H3,(H2,24,30)(H,26,29). The molecule has 12 heteroatoms. The SMILES string of the molecule is Cc1nn(CCC(=O)Nc2c(C(N)=O)sc3nc(C(F)F)cc(-c4ccco4)c23)cc1I. The third-order valence-electron chi connectivity index (χ3n) is 4.63. The van der Waals surface area contributed by atoms with E-state index in [2.05, 4.69) is 38.0 Å². The van der Waals surface area contributed by atoms with Crippen molar-refractivity contribution in [3.8, 4) is 11.3 Å². The van der Waals surface area contributed by atoms with Crippen LogP contribution in [0.5, 0.6) is 0 Å². The molecule has 0 aliphatic rings. The minimum atomic E-state index is -2.83. The molecule has 4 aromatic heterocycles. The molecule has 0 atom stereocenters. The van der Waals surface area contributed by atoms with Crippen LogP contribution in [0.15, 0.2) is 35.1 Å². The molecular formula is C20H16F2IN5O3S. The molecule has 3 N–H and O–H groups in total. The molecule has 0 saturated carbocycles. The van der Waals surface area contributed by atoms with Gasteiger partial charge in [0.15, 0.2) is 0 Å². The van der Waals surface area contributed by atoms with Gasteiger partial charge in [0.05, 0.1) is 21.2 Å². The highest BCUT2D eigenvalue weighted by molar-refractivity contribution is 14.1. The van der Waals surface area contributed by atoms with Crippen LogP contribution in [0.3, 0.4) is 0 Å². The molecule has 0 aliphatic heterocycles. The van der Waals surface area contributed by atoms with Crippen LogP contribution in [0, 0.1) is 10.5 Å². The average molecular weight is 571 g/mol. The quantitative estimate of drug-likeness (QED) is 0.311. The van der Waals surface area contributed by atoms with Gasteiger partial charge < -0.3 is 15.5 Å². The Labute approximate surface area is 197 Å². The lowest BCUT2D eigenvalue weighted by Crippen LogP contribution is -2.18. The smallest absolute Gasteiger partial charge is 0.280 e. The van der Waals surface area contributed by atoms with Gasteiger partial charge in [0.1, 0.15) is 21.2 Å². The van der Waals surface area contributed by atoms with Crippen molar-refractivity contribution in [1.82, 2.24) is 14.8 Å². The van der Waals surface area contributed by atoms with Crippen LogP contribution in [0.2, 0.25) is 0 Å². The number of amides is 2. The van der Waals surface area contributed by atoms with Crippen molar-refractivity contribution < 1.29 is 22.8 Å². The van der Waals surface area contributed by atoms with Gasteiger partial charge in [-0.15, -0.1) is 11.3 Å². The second kappa shape index (κ2) is 8.94. The minimum absolute atomic E-state index is 0.0181. The Morgan fingerprint density at radius 1 is 1.41 bits per heavy atom. The fourth-order valence-electron chi connectivity index (χ4n) is 3.17. The number of thiophene rings is 1. The van der Waals surface area contributed by atoms with Crippen molar-refractivity contribution in [1.29, 1.82) is 0 Å². The van der Waals surface area contributed by atoms with Gasteiger partial charge >= 0.3 is 0 Å². The number of nitrogens with two attached hydrogens (primary N) is 1. The number of hydrogen-bond acceptors (Lipinski definition) is 6. The minimum Gasteiger partial charge on any atom is -0.464 e. The zero-order chi connectivity index (χ0) is 23.0. The van der Waals surface area contributed by atoms with E-state index in [4.69, 9.17) is 10.2 Å². The van der Waals surface area contributed by atoms with Gasteiger partial charge in [-0.3, -0.25) is 14.3 Å². The normalized spacial score (nSPS) is 11.4. The Morgan fingerprint density at radius 2 is 2.19 bits per heavy atom. The number of carbonyl (C=O) groups is 2. The van der Waals surface area contributed by atoms with E-state index in [1.54, 1.807) is 16.8 Å². The summed E-state index contributed by atoms with van der Waals surface area (Å²) in [5.74, 6) is -0.895. The van der Waals surface area contributed by atoms with E-state index in [-0.39, 0.29) is 27.4 Å². The molecule has 0 fully saturated rings. The molecule has 4 aromatic rings. The fourth-order valence-corrected chi connectivity index (χ4v) is 4.62. The summed E-state index contributed by atoms with van der Waals surface area (Å²) < 4.78 is 34.9. The van der Waals surface area contributed by atoms with Crippen LogP contribution in [0.4, 0.5) is 14.5 Å². The number of nitrogens with one attached hydrogen (secondary N) is 1. The van der Waals surface area contributed by atoms with Crippen molar-refractivity contribution in [2.24, 2.45) is 5.73 Å². The Hall–Kier alpha value is -2.87. The van der Waals surface area contributed by atoms with Gasteiger partial charge in [0.2, 0.25) is 5.91 Å². The molecule has 0 aliphatic carbocycles. The van der Waals surface area contributed by atoms with E-state index >= 15 is 0 Å². The van der Waals surface area contributed by atoms with Crippen LogP contribution in [0.25, 0.3) is 21.5 Å². The van der Waals surface area contributed by atoms with E-state index in [0.29, 0.717) is 17.7 Å². The van der Waals surface area contributed by atoms with Gasteiger partial charge in [-0.05, 0) is 47.7 Å². The Morgan fingerprint density at radius 3 is 2.78 bits per heavy atom. The number of halogens is 3. The summed E-state index contributed by atoms with van der Waals surface area (Å²) in [5.41, 5.74) is 6.31. The van der Waals surface area contributed by atoms with Crippen molar-refractivity contribution in [3.05, 3.63) is 50.5 Å². The number of furan rings is 1. The Balaban J connectivity index is 1.74. The molecule has 2 amide bonds. The number of nitrogens with zero attached hydrogens (tertiary/aromatic N) is 3. The highest BCUT2D eigenvalue weighted by Gasteiger charge is 2.25. The van der Waals surface area contributed by atoms with E-state index < -0.39 is 23.9 Å². The number of carbonyl (C=O) groups excluding carboxylic acids is 2. The first-order valence-electron chi connectivity index (χ1n) is 9.33.